The van der Waals surface area contributed by atoms with Crippen molar-refractivity contribution in [2.75, 3.05) is 7.11 Å². The van der Waals surface area contributed by atoms with Crippen LogP contribution in [0.2, 0.25) is 0 Å². The van der Waals surface area contributed by atoms with E-state index in [0.29, 0.717) is 11.1 Å². The fraction of sp³-hybridized carbons (Fsp3) is 0.133. The van der Waals surface area contributed by atoms with E-state index in [-0.39, 0.29) is 11.2 Å². The molecular formula is C15H13BrN3O4+. The minimum absolute atomic E-state index is 0.243. The zero-order valence-electron chi connectivity index (χ0n) is 12.1. The monoisotopic (exact) mass is 378 g/mol. The van der Waals surface area contributed by atoms with Crippen molar-refractivity contribution in [2.24, 2.45) is 0 Å². The maximum absolute atomic E-state index is 12.4. The lowest BCUT2D eigenvalue weighted by atomic mass is 10.2. The number of fused-ring (bicyclic) bond motifs is 1. The van der Waals surface area contributed by atoms with Crippen LogP contribution in [0.15, 0.2) is 46.1 Å². The summed E-state index contributed by atoms with van der Waals surface area (Å²) in [5, 5.41) is 11.9. The number of aromatic nitrogens is 3. The molecule has 8 heteroatoms. The summed E-state index contributed by atoms with van der Waals surface area (Å²) in [5.74, 6) is -0.521. The molecule has 0 amide bonds. The van der Waals surface area contributed by atoms with E-state index in [1.807, 2.05) is 24.3 Å². The van der Waals surface area contributed by atoms with E-state index < -0.39 is 11.4 Å². The molecular weight excluding hydrogens is 366 g/mol. The number of aromatic amines is 1. The van der Waals surface area contributed by atoms with Gasteiger partial charge in [-0.15, -0.1) is 4.52 Å². The number of halogens is 1. The van der Waals surface area contributed by atoms with Gasteiger partial charge in [-0.25, -0.2) is 14.5 Å². The summed E-state index contributed by atoms with van der Waals surface area (Å²) in [6.45, 7) is 0.410. The smallest absolute Gasteiger partial charge is 0.355 e. The van der Waals surface area contributed by atoms with Crippen molar-refractivity contribution in [3.8, 4) is 5.75 Å². The minimum atomic E-state index is -1.26. The average Bonchev–Trinajstić information content (AvgIpc) is 2.85. The Balaban J connectivity index is 2.12. The number of carbonyl (C=O) groups is 1. The van der Waals surface area contributed by atoms with E-state index in [1.54, 1.807) is 17.9 Å². The van der Waals surface area contributed by atoms with Crippen LogP contribution >= 0.6 is 15.9 Å². The number of benzene rings is 1. The Labute approximate surface area is 138 Å². The number of nitrogens with zero attached hydrogens (tertiary/aromatic N) is 2. The quantitative estimate of drug-likeness (QED) is 0.672. The van der Waals surface area contributed by atoms with Crippen molar-refractivity contribution in [3.63, 3.8) is 0 Å². The molecule has 2 heterocycles. The van der Waals surface area contributed by atoms with Gasteiger partial charge in [-0.3, -0.25) is 4.79 Å². The van der Waals surface area contributed by atoms with Crippen LogP contribution in [0, 0.1) is 0 Å². The molecule has 0 saturated heterocycles. The largest absolute Gasteiger partial charge is 0.497 e. The molecule has 118 valence electrons. The number of carboxylic acid groups (broad SMARTS) is 1. The Bertz CT molecular complexity index is 944. The molecule has 0 saturated carbocycles. The second kappa shape index (κ2) is 5.88. The Kier molecular flexibility index (Phi) is 3.91. The third-order valence-electron chi connectivity index (χ3n) is 3.50. The third-order valence-corrected chi connectivity index (χ3v) is 4.14. The van der Waals surface area contributed by atoms with Crippen LogP contribution in [0.25, 0.3) is 5.65 Å². The highest BCUT2D eigenvalue weighted by molar-refractivity contribution is 9.10. The predicted octanol–water partition coefficient (Wildman–Crippen LogP) is 1.43. The van der Waals surface area contributed by atoms with Gasteiger partial charge in [0.25, 0.3) is 5.43 Å². The molecule has 0 atom stereocenters. The fourth-order valence-electron chi connectivity index (χ4n) is 2.34. The molecule has 0 fully saturated rings. The highest BCUT2D eigenvalue weighted by Gasteiger charge is 2.24. The molecule has 2 aromatic heterocycles. The maximum atomic E-state index is 12.4. The number of rotatable bonds is 4. The Morgan fingerprint density at radius 2 is 2.09 bits per heavy atom. The summed E-state index contributed by atoms with van der Waals surface area (Å²) >= 11 is 3.40. The first kappa shape index (κ1) is 15.3. The minimum Gasteiger partial charge on any atom is -0.497 e. The van der Waals surface area contributed by atoms with E-state index in [4.69, 9.17) is 9.84 Å². The van der Waals surface area contributed by atoms with Gasteiger partial charge in [0.05, 0.1) is 13.3 Å². The van der Waals surface area contributed by atoms with Crippen LogP contribution in [0.4, 0.5) is 0 Å². The zero-order chi connectivity index (χ0) is 16.6. The Hall–Kier alpha value is -2.61. The number of hydrogen-bond acceptors (Lipinski definition) is 3. The molecule has 2 N–H and O–H groups in total. The standard InChI is InChI=1S/C15H12BrN3O4/c1-23-10-4-2-9(3-5-10)7-18-12(16)8-19-14(18)13(20)11(6-17-19)15(21)22/h2-6,8H,7H2,1H3,(H-,17,20,21,22)/p+1. The van der Waals surface area contributed by atoms with Gasteiger partial charge in [-0.05, 0) is 17.7 Å². The van der Waals surface area contributed by atoms with Crippen molar-refractivity contribution in [2.45, 2.75) is 6.54 Å². The van der Waals surface area contributed by atoms with Crippen molar-refractivity contribution in [1.82, 2.24) is 9.61 Å². The molecule has 7 nitrogen and oxygen atoms in total. The lowest BCUT2D eigenvalue weighted by Gasteiger charge is -2.02. The highest BCUT2D eigenvalue weighted by Crippen LogP contribution is 2.13. The predicted molar refractivity (Wildman–Crippen MR) is 85.0 cm³/mol. The lowest BCUT2D eigenvalue weighted by Crippen LogP contribution is -2.39. The number of imidazole rings is 1. The van der Waals surface area contributed by atoms with Crippen LogP contribution in [0.3, 0.4) is 0 Å². The number of ether oxygens (including phenoxy) is 1. The zero-order valence-corrected chi connectivity index (χ0v) is 13.7. The van der Waals surface area contributed by atoms with Crippen molar-refractivity contribution in [3.05, 3.63) is 62.6 Å². The van der Waals surface area contributed by atoms with E-state index in [0.717, 1.165) is 11.3 Å². The molecule has 0 radical (unpaired) electrons. The number of carboxylic acids is 1. The Morgan fingerprint density at radius 1 is 1.39 bits per heavy atom. The summed E-state index contributed by atoms with van der Waals surface area (Å²) in [7, 11) is 1.59. The van der Waals surface area contributed by atoms with Gasteiger partial charge < -0.3 is 9.84 Å². The van der Waals surface area contributed by atoms with Crippen LogP contribution in [0.5, 0.6) is 5.75 Å². The van der Waals surface area contributed by atoms with Crippen LogP contribution in [-0.2, 0) is 6.54 Å². The lowest BCUT2D eigenvalue weighted by molar-refractivity contribution is -0.673. The van der Waals surface area contributed by atoms with Gasteiger partial charge in [-0.2, -0.15) is 0 Å². The highest BCUT2D eigenvalue weighted by atomic mass is 79.9. The second-order valence-corrected chi connectivity index (χ2v) is 5.71. The normalized spacial score (nSPS) is 10.9. The molecule has 3 rings (SSSR count). The van der Waals surface area contributed by atoms with Crippen molar-refractivity contribution >= 4 is 27.5 Å². The molecule has 0 bridgehead atoms. The SMILES string of the molecule is COc1ccc(C[n+]2c(Br)cn3[nH]cc(C(=O)O)c(=O)c32)cc1. The van der Waals surface area contributed by atoms with Gasteiger partial charge in [0.15, 0.2) is 6.20 Å². The Morgan fingerprint density at radius 3 is 2.70 bits per heavy atom. The number of methoxy groups -OCH3 is 1. The number of H-pyrrole nitrogens is 1. The van der Waals surface area contributed by atoms with E-state index >= 15 is 0 Å². The molecule has 1 aromatic carbocycles. The van der Waals surface area contributed by atoms with Gasteiger partial charge in [0.2, 0.25) is 4.60 Å². The summed E-state index contributed by atoms with van der Waals surface area (Å²) in [6.07, 6.45) is 2.85. The molecule has 0 aliphatic carbocycles. The van der Waals surface area contributed by atoms with E-state index in [1.165, 1.54) is 10.7 Å². The second-order valence-electron chi connectivity index (χ2n) is 4.90. The first-order chi connectivity index (χ1) is 11.0. The summed E-state index contributed by atoms with van der Waals surface area (Å²) in [5.41, 5.74) is 0.347. The first-order valence-corrected chi connectivity index (χ1v) is 7.49. The van der Waals surface area contributed by atoms with Crippen molar-refractivity contribution < 1.29 is 19.2 Å². The summed E-state index contributed by atoms with van der Waals surface area (Å²) < 4.78 is 8.97. The topological polar surface area (TPSA) is 87.7 Å². The van der Waals surface area contributed by atoms with E-state index in [2.05, 4.69) is 21.0 Å². The van der Waals surface area contributed by atoms with Gasteiger partial charge in [0, 0.05) is 15.9 Å². The van der Waals surface area contributed by atoms with Crippen LogP contribution in [0.1, 0.15) is 15.9 Å². The summed E-state index contributed by atoms with van der Waals surface area (Å²) in [6, 6.07) is 7.43. The van der Waals surface area contributed by atoms with E-state index in [9.17, 15) is 9.59 Å². The van der Waals surface area contributed by atoms with Gasteiger partial charge >= 0.3 is 11.6 Å². The summed E-state index contributed by atoms with van der Waals surface area (Å²) in [4.78, 5) is 23.6. The number of hydrogen-bond donors (Lipinski definition) is 2. The molecule has 23 heavy (non-hydrogen) atoms. The molecule has 0 unspecified atom stereocenters. The molecule has 3 aromatic rings. The average molecular weight is 379 g/mol. The first-order valence-electron chi connectivity index (χ1n) is 6.69. The van der Waals surface area contributed by atoms with Crippen molar-refractivity contribution in [1.29, 1.82) is 0 Å². The number of aromatic carboxylic acids is 1. The molecule has 0 spiro atoms. The maximum Gasteiger partial charge on any atom is 0.355 e. The van der Waals surface area contributed by atoms with Gasteiger partial charge in [-0.1, -0.05) is 12.1 Å². The third kappa shape index (κ3) is 2.72. The number of nitrogens with one attached hydrogen (secondary N) is 1. The van der Waals surface area contributed by atoms with Gasteiger partial charge in [0.1, 0.15) is 17.9 Å². The van der Waals surface area contributed by atoms with Crippen LogP contribution in [-0.4, -0.2) is 27.8 Å². The fourth-order valence-corrected chi connectivity index (χ4v) is 2.84. The molecule has 0 aliphatic rings. The molecule has 0 aliphatic heterocycles. The van der Waals surface area contributed by atoms with Crippen LogP contribution < -0.4 is 14.7 Å².